The van der Waals surface area contributed by atoms with E-state index in [0.717, 1.165) is 44.7 Å². The highest BCUT2D eigenvalue weighted by Crippen LogP contribution is 2.50. The summed E-state index contributed by atoms with van der Waals surface area (Å²) in [6.07, 6.45) is -2.48. The molecule has 2 aromatic rings. The zero-order chi connectivity index (χ0) is 25.0. The van der Waals surface area contributed by atoms with Crippen molar-refractivity contribution in [3.63, 3.8) is 0 Å². The summed E-state index contributed by atoms with van der Waals surface area (Å²) in [5.74, 6) is 1.35. The first-order chi connectivity index (χ1) is 16.3. The van der Waals surface area contributed by atoms with E-state index < -0.39 is 11.7 Å². The monoisotopic (exact) mass is 508 g/mol. The van der Waals surface area contributed by atoms with Gasteiger partial charge >= 0.3 is 6.18 Å². The number of benzene rings is 1. The quantitative estimate of drug-likeness (QED) is 0.626. The molecule has 0 atom stereocenters. The average molecular weight is 509 g/mol. The number of anilines is 1. The van der Waals surface area contributed by atoms with Gasteiger partial charge in [0.1, 0.15) is 5.54 Å². The minimum atomic E-state index is -4.42. The molecule has 0 N–H and O–H groups in total. The number of nitrogens with zero attached hydrogens (tertiary/aromatic N) is 6. The summed E-state index contributed by atoms with van der Waals surface area (Å²) in [6, 6.07) is 5.29. The van der Waals surface area contributed by atoms with E-state index in [1.165, 1.54) is 18.7 Å². The normalized spacial score (nSPS) is 22.7. The molecule has 1 spiro atoms. The molecule has 3 fully saturated rings. The van der Waals surface area contributed by atoms with Gasteiger partial charge < -0.3 is 9.80 Å². The number of aromatic nitrogens is 3. The lowest BCUT2D eigenvalue weighted by molar-refractivity contribution is -0.224. The number of amides is 1. The smallest absolute Gasteiger partial charge is 0.341 e. The topological polar surface area (TPSA) is 57.5 Å². The molecule has 6 rings (SSSR count). The molecule has 2 saturated heterocycles. The van der Waals surface area contributed by atoms with Crippen molar-refractivity contribution >= 4 is 23.5 Å². The van der Waals surface area contributed by atoms with Crippen molar-refractivity contribution < 1.29 is 18.0 Å². The fraction of sp³-hybridized carbons (Fsp3) is 0.625. The molecular weight excluding hydrogens is 481 g/mol. The molecule has 1 saturated carbocycles. The van der Waals surface area contributed by atoms with Crippen LogP contribution in [0.2, 0.25) is 5.02 Å². The Morgan fingerprint density at radius 3 is 2.37 bits per heavy atom. The lowest BCUT2D eigenvalue weighted by atomic mass is 9.72. The molecule has 11 heteroatoms. The van der Waals surface area contributed by atoms with Crippen LogP contribution in [-0.4, -0.2) is 68.4 Å². The van der Waals surface area contributed by atoms with Gasteiger partial charge in [0.05, 0.1) is 12.2 Å². The molecule has 1 amide bonds. The molecule has 1 aromatic carbocycles. The highest BCUT2D eigenvalue weighted by atomic mass is 35.5. The maximum Gasteiger partial charge on any atom is 0.406 e. The highest BCUT2D eigenvalue weighted by molar-refractivity contribution is 6.30. The van der Waals surface area contributed by atoms with Crippen LogP contribution in [0.1, 0.15) is 45.0 Å². The van der Waals surface area contributed by atoms with Gasteiger partial charge in [-0.15, -0.1) is 10.2 Å². The van der Waals surface area contributed by atoms with Crippen molar-refractivity contribution in [1.29, 1.82) is 0 Å². The third-order valence-corrected chi connectivity index (χ3v) is 8.60. The van der Waals surface area contributed by atoms with Crippen molar-refractivity contribution in [2.45, 2.75) is 58.4 Å². The third kappa shape index (κ3) is 3.47. The van der Waals surface area contributed by atoms with Crippen LogP contribution in [-0.2, 0) is 17.9 Å². The Morgan fingerprint density at radius 2 is 1.74 bits per heavy atom. The maximum absolute atomic E-state index is 13.9. The number of carbonyl (C=O) groups is 1. The standard InChI is InChI=1S/C24H28ClF3N6O/c1-21(2,24(26,27)28)33-9-15-8-16(25)4-5-17(15)34-18(10-33)29-30-20(34)32-13-23(14-32)11-31(12-23)19(35)22(3)6-7-22/h4-5,8H,6-7,9-14H2,1-3H3. The Balaban J connectivity index is 1.27. The molecule has 0 bridgehead atoms. The lowest BCUT2D eigenvalue weighted by Crippen LogP contribution is -2.73. The van der Waals surface area contributed by atoms with Gasteiger partial charge in [-0.1, -0.05) is 18.5 Å². The largest absolute Gasteiger partial charge is 0.406 e. The number of hydrogen-bond acceptors (Lipinski definition) is 5. The number of hydrogen-bond donors (Lipinski definition) is 0. The van der Waals surface area contributed by atoms with Gasteiger partial charge in [-0.25, -0.2) is 0 Å². The van der Waals surface area contributed by atoms with Gasteiger partial charge in [0.2, 0.25) is 11.9 Å². The van der Waals surface area contributed by atoms with E-state index >= 15 is 0 Å². The van der Waals surface area contributed by atoms with Gasteiger partial charge in [-0.2, -0.15) is 13.2 Å². The zero-order valence-corrected chi connectivity index (χ0v) is 20.7. The summed E-state index contributed by atoms with van der Waals surface area (Å²) in [4.78, 5) is 18.1. The number of likely N-dealkylation sites (tertiary alicyclic amines) is 1. The fourth-order valence-electron chi connectivity index (χ4n) is 5.56. The summed E-state index contributed by atoms with van der Waals surface area (Å²) in [6.45, 7) is 7.49. The van der Waals surface area contributed by atoms with Gasteiger partial charge in [-0.05, 0) is 50.5 Å². The van der Waals surface area contributed by atoms with Crippen LogP contribution >= 0.6 is 11.6 Å². The Bertz CT molecular complexity index is 1210. The summed E-state index contributed by atoms with van der Waals surface area (Å²) < 4.78 is 43.7. The van der Waals surface area contributed by atoms with Crippen molar-refractivity contribution in [3.05, 3.63) is 34.6 Å². The Morgan fingerprint density at radius 1 is 1.06 bits per heavy atom. The lowest BCUT2D eigenvalue weighted by Gasteiger charge is -2.60. The van der Waals surface area contributed by atoms with Gasteiger partial charge in [0.15, 0.2) is 5.82 Å². The van der Waals surface area contributed by atoms with Crippen LogP contribution in [0.3, 0.4) is 0 Å². The molecule has 7 nitrogen and oxygen atoms in total. The van der Waals surface area contributed by atoms with Crippen LogP contribution in [0.15, 0.2) is 18.2 Å². The minimum Gasteiger partial charge on any atom is -0.341 e. The van der Waals surface area contributed by atoms with Gasteiger partial charge in [0.25, 0.3) is 0 Å². The van der Waals surface area contributed by atoms with E-state index in [1.54, 1.807) is 12.1 Å². The van der Waals surface area contributed by atoms with Crippen molar-refractivity contribution in [2.24, 2.45) is 10.8 Å². The van der Waals surface area contributed by atoms with Crippen LogP contribution in [0.5, 0.6) is 0 Å². The number of carbonyl (C=O) groups excluding carboxylic acids is 1. The molecule has 0 radical (unpaired) electrons. The molecular formula is C24H28ClF3N6O. The molecule has 4 heterocycles. The molecule has 35 heavy (non-hydrogen) atoms. The van der Waals surface area contributed by atoms with Gasteiger partial charge in [0, 0.05) is 48.6 Å². The third-order valence-electron chi connectivity index (χ3n) is 8.36. The Kier molecular flexibility index (Phi) is 4.70. The maximum atomic E-state index is 13.9. The second-order valence-corrected chi connectivity index (χ2v) is 12.0. The molecule has 1 aliphatic carbocycles. The second kappa shape index (κ2) is 7.12. The summed E-state index contributed by atoms with van der Waals surface area (Å²) >= 11 is 6.24. The van der Waals surface area contributed by atoms with Crippen molar-refractivity contribution in [3.8, 4) is 5.69 Å². The SMILES string of the molecule is CC1(C(=O)N2CC3(C2)CN(c2nnc4n2-c2ccc(Cl)cc2CN(C(C)(C)C(F)(F)F)C4)C3)CC1. The Hall–Kier alpha value is -2.33. The molecule has 1 aromatic heterocycles. The average Bonchev–Trinajstić information content (AvgIpc) is 3.38. The Labute approximate surface area is 206 Å². The number of rotatable bonds is 3. The zero-order valence-electron chi connectivity index (χ0n) is 20.0. The van der Waals surface area contributed by atoms with E-state index in [-0.39, 0.29) is 29.8 Å². The first kappa shape index (κ1) is 23.1. The number of alkyl halides is 3. The summed E-state index contributed by atoms with van der Waals surface area (Å²) in [5, 5.41) is 9.20. The van der Waals surface area contributed by atoms with Gasteiger partial charge in [-0.3, -0.25) is 14.3 Å². The first-order valence-electron chi connectivity index (χ1n) is 11.9. The predicted molar refractivity (Wildman–Crippen MR) is 124 cm³/mol. The molecule has 0 unspecified atom stereocenters. The molecule has 3 aliphatic heterocycles. The highest BCUT2D eigenvalue weighted by Gasteiger charge is 2.58. The minimum absolute atomic E-state index is 0.00561. The van der Waals surface area contributed by atoms with E-state index in [2.05, 4.69) is 15.1 Å². The van der Waals surface area contributed by atoms with E-state index in [0.29, 0.717) is 22.4 Å². The molecule has 188 valence electrons. The van der Waals surface area contributed by atoms with Crippen LogP contribution in [0.4, 0.5) is 19.1 Å². The fourth-order valence-corrected chi connectivity index (χ4v) is 5.76. The molecule has 4 aliphatic rings. The van der Waals surface area contributed by atoms with E-state index in [1.807, 2.05) is 22.5 Å². The van der Waals surface area contributed by atoms with E-state index in [4.69, 9.17) is 11.6 Å². The van der Waals surface area contributed by atoms with E-state index in [9.17, 15) is 18.0 Å². The number of fused-ring (bicyclic) bond motifs is 3. The summed E-state index contributed by atoms with van der Waals surface area (Å²) in [5.41, 5.74) is -0.711. The predicted octanol–water partition coefficient (Wildman–Crippen LogP) is 4.03. The van der Waals surface area contributed by atoms with Crippen molar-refractivity contribution in [2.75, 3.05) is 31.1 Å². The first-order valence-corrected chi connectivity index (χ1v) is 12.3. The summed E-state index contributed by atoms with van der Waals surface area (Å²) in [7, 11) is 0. The van der Waals surface area contributed by atoms with Crippen LogP contribution in [0.25, 0.3) is 5.69 Å². The van der Waals surface area contributed by atoms with Crippen LogP contribution < -0.4 is 4.90 Å². The van der Waals surface area contributed by atoms with Crippen molar-refractivity contribution in [1.82, 2.24) is 24.6 Å². The van der Waals surface area contributed by atoms with Crippen LogP contribution in [0, 0.1) is 10.8 Å². The number of halogens is 4. The second-order valence-electron chi connectivity index (χ2n) is 11.5.